The molecule has 0 saturated carbocycles. The molecule has 1 atom stereocenters. The number of hydrogen-bond donors (Lipinski definition) is 1. The molecule has 0 spiro atoms. The minimum absolute atomic E-state index is 0.0339. The van der Waals surface area contributed by atoms with Crippen molar-refractivity contribution in [2.24, 2.45) is 0 Å². The van der Waals surface area contributed by atoms with Gasteiger partial charge in [0.1, 0.15) is 0 Å². The number of carbonyl (C=O) groups excluding carboxylic acids is 1. The van der Waals surface area contributed by atoms with Crippen LogP contribution in [0.4, 0.5) is 0 Å². The summed E-state index contributed by atoms with van der Waals surface area (Å²) in [5, 5.41) is 3.60. The molecule has 1 aromatic carbocycles. The van der Waals surface area contributed by atoms with Crippen molar-refractivity contribution in [3.05, 3.63) is 34.9 Å². The highest BCUT2D eigenvalue weighted by Gasteiger charge is 2.06. The van der Waals surface area contributed by atoms with E-state index in [0.717, 1.165) is 16.3 Å². The van der Waals surface area contributed by atoms with Gasteiger partial charge in [-0.2, -0.15) is 0 Å². The van der Waals surface area contributed by atoms with Gasteiger partial charge in [0.25, 0.3) is 0 Å². The molecular weight excluding hydrogens is 270 g/mol. The van der Waals surface area contributed by atoms with E-state index in [0.29, 0.717) is 12.4 Å². The van der Waals surface area contributed by atoms with E-state index in [9.17, 15) is 4.79 Å². The number of amides is 1. The molecular formula is C13H18ClNO2S. The lowest BCUT2D eigenvalue weighted by molar-refractivity contribution is -0.119. The highest BCUT2D eigenvalue weighted by molar-refractivity contribution is 7.99. The van der Waals surface area contributed by atoms with Crippen molar-refractivity contribution >= 4 is 29.3 Å². The Kier molecular flexibility index (Phi) is 7.16. The summed E-state index contributed by atoms with van der Waals surface area (Å²) < 4.78 is 4.96. The Morgan fingerprint density at radius 2 is 2.33 bits per heavy atom. The number of carbonyl (C=O) groups is 1. The van der Waals surface area contributed by atoms with Gasteiger partial charge in [-0.1, -0.05) is 23.7 Å². The number of benzene rings is 1. The second-order valence-electron chi connectivity index (χ2n) is 4.05. The Balaban J connectivity index is 2.23. The van der Waals surface area contributed by atoms with Gasteiger partial charge in [0.2, 0.25) is 5.91 Å². The number of rotatable bonds is 7. The number of thioether (sulfide) groups is 1. The van der Waals surface area contributed by atoms with E-state index in [-0.39, 0.29) is 11.9 Å². The van der Waals surface area contributed by atoms with Crippen LogP contribution >= 0.6 is 23.4 Å². The molecule has 0 heterocycles. The molecule has 0 saturated heterocycles. The molecule has 100 valence electrons. The molecule has 1 aromatic rings. The zero-order chi connectivity index (χ0) is 13.4. The Labute approximate surface area is 117 Å². The molecule has 0 aromatic heterocycles. The summed E-state index contributed by atoms with van der Waals surface area (Å²) >= 11 is 7.46. The van der Waals surface area contributed by atoms with Gasteiger partial charge in [-0.3, -0.25) is 4.79 Å². The minimum Gasteiger partial charge on any atom is -0.383 e. The van der Waals surface area contributed by atoms with Crippen molar-refractivity contribution in [3.8, 4) is 0 Å². The maximum atomic E-state index is 11.6. The third kappa shape index (κ3) is 6.28. The average molecular weight is 288 g/mol. The highest BCUT2D eigenvalue weighted by atomic mass is 35.5. The molecule has 1 N–H and O–H groups in total. The van der Waals surface area contributed by atoms with Crippen LogP contribution in [0, 0.1) is 0 Å². The van der Waals surface area contributed by atoms with Gasteiger partial charge in [0, 0.05) is 23.9 Å². The highest BCUT2D eigenvalue weighted by Crippen LogP contribution is 2.16. The van der Waals surface area contributed by atoms with Crippen molar-refractivity contribution in [1.82, 2.24) is 5.32 Å². The number of methoxy groups -OCH3 is 1. The van der Waals surface area contributed by atoms with Crippen LogP contribution in [0.5, 0.6) is 0 Å². The number of halogens is 1. The quantitative estimate of drug-likeness (QED) is 0.838. The van der Waals surface area contributed by atoms with E-state index in [2.05, 4.69) is 5.32 Å². The topological polar surface area (TPSA) is 38.3 Å². The molecule has 0 aliphatic rings. The van der Waals surface area contributed by atoms with E-state index in [1.165, 1.54) is 0 Å². The second-order valence-corrected chi connectivity index (χ2v) is 5.47. The Morgan fingerprint density at radius 1 is 1.56 bits per heavy atom. The van der Waals surface area contributed by atoms with Gasteiger partial charge in [-0.05, 0) is 24.6 Å². The van der Waals surface area contributed by atoms with Crippen LogP contribution in [-0.2, 0) is 15.3 Å². The largest absolute Gasteiger partial charge is 0.383 e. The molecule has 1 amide bonds. The summed E-state index contributed by atoms with van der Waals surface area (Å²) in [7, 11) is 1.62. The zero-order valence-electron chi connectivity index (χ0n) is 10.6. The Hall–Kier alpha value is -0.710. The van der Waals surface area contributed by atoms with Crippen molar-refractivity contribution in [2.45, 2.75) is 18.7 Å². The van der Waals surface area contributed by atoms with Crippen LogP contribution in [0.1, 0.15) is 12.5 Å². The van der Waals surface area contributed by atoms with Crippen LogP contribution in [0.2, 0.25) is 5.02 Å². The van der Waals surface area contributed by atoms with Gasteiger partial charge in [0.15, 0.2) is 0 Å². The molecule has 1 rings (SSSR count). The lowest BCUT2D eigenvalue weighted by Gasteiger charge is -2.12. The lowest BCUT2D eigenvalue weighted by Crippen LogP contribution is -2.36. The molecule has 3 nitrogen and oxygen atoms in total. The van der Waals surface area contributed by atoms with Gasteiger partial charge in [0.05, 0.1) is 12.4 Å². The van der Waals surface area contributed by atoms with Crippen molar-refractivity contribution in [2.75, 3.05) is 19.5 Å². The molecule has 0 aliphatic heterocycles. The van der Waals surface area contributed by atoms with Crippen molar-refractivity contribution in [1.29, 1.82) is 0 Å². The van der Waals surface area contributed by atoms with Crippen molar-refractivity contribution < 1.29 is 9.53 Å². The van der Waals surface area contributed by atoms with E-state index in [1.54, 1.807) is 18.9 Å². The molecule has 0 aliphatic carbocycles. The molecule has 0 bridgehead atoms. The maximum Gasteiger partial charge on any atom is 0.230 e. The van der Waals surface area contributed by atoms with Gasteiger partial charge < -0.3 is 10.1 Å². The van der Waals surface area contributed by atoms with Crippen LogP contribution in [0.25, 0.3) is 0 Å². The second kappa shape index (κ2) is 8.40. The summed E-state index contributed by atoms with van der Waals surface area (Å²) in [6, 6.07) is 7.73. The smallest absolute Gasteiger partial charge is 0.230 e. The zero-order valence-corrected chi connectivity index (χ0v) is 12.2. The van der Waals surface area contributed by atoms with Crippen molar-refractivity contribution in [3.63, 3.8) is 0 Å². The Bertz CT molecular complexity index is 387. The first-order valence-corrected chi connectivity index (χ1v) is 7.25. The van der Waals surface area contributed by atoms with E-state index >= 15 is 0 Å². The fraction of sp³-hybridized carbons (Fsp3) is 0.462. The standard InChI is InChI=1S/C13H18ClNO2S/c1-10(7-17-2)15-13(16)9-18-8-11-4-3-5-12(14)6-11/h3-6,10H,7-9H2,1-2H3,(H,15,16)/t10-/m1/s1. The lowest BCUT2D eigenvalue weighted by atomic mass is 10.2. The summed E-state index contributed by atoms with van der Waals surface area (Å²) in [6.07, 6.45) is 0. The fourth-order valence-electron chi connectivity index (χ4n) is 1.50. The first-order chi connectivity index (χ1) is 8.61. The van der Waals surface area contributed by atoms with E-state index in [4.69, 9.17) is 16.3 Å². The molecule has 0 radical (unpaired) electrons. The summed E-state index contributed by atoms with van der Waals surface area (Å²) in [5.41, 5.74) is 1.13. The normalized spacial score (nSPS) is 12.2. The van der Waals surface area contributed by atoms with Crippen LogP contribution in [-0.4, -0.2) is 31.4 Å². The van der Waals surface area contributed by atoms with E-state index in [1.807, 2.05) is 31.2 Å². The summed E-state index contributed by atoms with van der Waals surface area (Å²) in [5.74, 6) is 1.26. The molecule has 0 unspecified atom stereocenters. The average Bonchev–Trinajstić information content (AvgIpc) is 2.29. The third-order valence-corrected chi connectivity index (χ3v) is 3.45. The van der Waals surface area contributed by atoms with Crippen LogP contribution in [0.15, 0.2) is 24.3 Å². The SMILES string of the molecule is COC[C@@H](C)NC(=O)CSCc1cccc(Cl)c1. The van der Waals surface area contributed by atoms with E-state index < -0.39 is 0 Å². The summed E-state index contributed by atoms with van der Waals surface area (Å²) in [4.78, 5) is 11.6. The van der Waals surface area contributed by atoms with Gasteiger partial charge in [-0.15, -0.1) is 11.8 Å². The number of ether oxygens (including phenoxy) is 1. The predicted molar refractivity (Wildman–Crippen MR) is 77.1 cm³/mol. The first-order valence-electron chi connectivity index (χ1n) is 5.72. The molecule has 18 heavy (non-hydrogen) atoms. The molecule has 5 heteroatoms. The first kappa shape index (κ1) is 15.3. The van der Waals surface area contributed by atoms with Gasteiger partial charge in [-0.25, -0.2) is 0 Å². The Morgan fingerprint density at radius 3 is 3.00 bits per heavy atom. The summed E-state index contributed by atoms with van der Waals surface area (Å²) in [6.45, 7) is 2.45. The monoisotopic (exact) mass is 287 g/mol. The maximum absolute atomic E-state index is 11.6. The van der Waals surface area contributed by atoms with Gasteiger partial charge >= 0.3 is 0 Å². The van der Waals surface area contributed by atoms with Crippen LogP contribution < -0.4 is 5.32 Å². The minimum atomic E-state index is 0.0339. The fourth-order valence-corrected chi connectivity index (χ4v) is 2.50. The third-order valence-electron chi connectivity index (χ3n) is 2.21. The number of hydrogen-bond acceptors (Lipinski definition) is 3. The van der Waals surface area contributed by atoms with Crippen LogP contribution in [0.3, 0.4) is 0 Å². The predicted octanol–water partition coefficient (Wildman–Crippen LogP) is 2.72. The molecule has 0 fully saturated rings. The number of nitrogens with one attached hydrogen (secondary N) is 1.